The molecule has 3 fully saturated rings. The van der Waals surface area contributed by atoms with Crippen molar-refractivity contribution in [3.8, 4) is 5.75 Å². The first-order valence-corrected chi connectivity index (χ1v) is 10.8. The number of ketones is 1. The average molecular weight is 419 g/mol. The lowest BCUT2D eigenvalue weighted by Crippen LogP contribution is -2.35. The first-order chi connectivity index (χ1) is 14.9. The van der Waals surface area contributed by atoms with Crippen LogP contribution in [0.3, 0.4) is 0 Å². The van der Waals surface area contributed by atoms with Gasteiger partial charge in [-0.25, -0.2) is 0 Å². The van der Waals surface area contributed by atoms with Gasteiger partial charge in [-0.05, 0) is 56.9 Å². The lowest BCUT2D eigenvalue weighted by atomic mass is 9.79. The van der Waals surface area contributed by atoms with Crippen molar-refractivity contribution >= 4 is 23.3 Å². The number of ether oxygens (including phenoxy) is 2. The number of benzene rings is 2. The highest BCUT2D eigenvalue weighted by atomic mass is 16.6. The molecule has 6 heteroatoms. The summed E-state index contributed by atoms with van der Waals surface area (Å²) in [6.45, 7) is 3.70. The number of carbonyl (C=O) groups is 3. The van der Waals surface area contributed by atoms with E-state index in [2.05, 4.69) is 5.32 Å². The van der Waals surface area contributed by atoms with Crippen LogP contribution in [-0.4, -0.2) is 29.9 Å². The number of hydrogen-bond donors (Lipinski definition) is 1. The maximum atomic E-state index is 12.9. The molecule has 3 aliphatic rings. The third-order valence-corrected chi connectivity index (χ3v) is 6.93. The summed E-state index contributed by atoms with van der Waals surface area (Å²) in [5, 5.41) is 2.94. The minimum absolute atomic E-state index is 0.0209. The SMILES string of the molecule is Cc1ccc(C(=O)[C@H](C)Oc2ccc(NC(=O)[C@@H]3[C@@H]4C[C@H]5[C@@H]3C(=O)O[C@@H]5C4)cc2)cc1. The average Bonchev–Trinajstić information content (AvgIpc) is 3.38. The summed E-state index contributed by atoms with van der Waals surface area (Å²) in [7, 11) is 0. The van der Waals surface area contributed by atoms with Crippen LogP contribution in [0.25, 0.3) is 0 Å². The number of anilines is 1. The fraction of sp³-hybridized carbons (Fsp3) is 0.400. The predicted octanol–water partition coefficient (Wildman–Crippen LogP) is 3.78. The Balaban J connectivity index is 1.20. The first kappa shape index (κ1) is 19.8. The van der Waals surface area contributed by atoms with Gasteiger partial charge < -0.3 is 14.8 Å². The highest BCUT2D eigenvalue weighted by Gasteiger charge is 2.63. The van der Waals surface area contributed by atoms with Gasteiger partial charge in [0.05, 0.1) is 11.8 Å². The van der Waals surface area contributed by atoms with Gasteiger partial charge in [-0.2, -0.15) is 0 Å². The lowest BCUT2D eigenvalue weighted by molar-refractivity contribution is -0.145. The molecule has 5 rings (SSSR count). The van der Waals surface area contributed by atoms with Crippen molar-refractivity contribution in [3.63, 3.8) is 0 Å². The highest BCUT2D eigenvalue weighted by Crippen LogP contribution is 2.57. The number of rotatable bonds is 6. The highest BCUT2D eigenvalue weighted by molar-refractivity contribution is 5.99. The first-order valence-electron chi connectivity index (χ1n) is 10.8. The van der Waals surface area contributed by atoms with Crippen molar-refractivity contribution in [2.75, 3.05) is 5.32 Å². The summed E-state index contributed by atoms with van der Waals surface area (Å²) in [5.74, 6) is -0.0420. The van der Waals surface area contributed by atoms with Crippen LogP contribution < -0.4 is 10.1 Å². The Kier molecular flexibility index (Phi) is 4.80. The smallest absolute Gasteiger partial charge is 0.310 e. The van der Waals surface area contributed by atoms with Crippen LogP contribution in [0.2, 0.25) is 0 Å². The van der Waals surface area contributed by atoms with E-state index in [1.807, 2.05) is 19.1 Å². The van der Waals surface area contributed by atoms with E-state index in [1.54, 1.807) is 43.3 Å². The van der Waals surface area contributed by atoms with E-state index in [1.165, 1.54) is 0 Å². The second-order valence-corrected chi connectivity index (χ2v) is 8.93. The van der Waals surface area contributed by atoms with Crippen LogP contribution in [0.1, 0.15) is 35.7 Å². The Morgan fingerprint density at radius 3 is 2.48 bits per heavy atom. The van der Waals surface area contributed by atoms with Gasteiger partial charge in [0.2, 0.25) is 11.7 Å². The van der Waals surface area contributed by atoms with Crippen molar-refractivity contribution in [2.24, 2.45) is 23.7 Å². The second kappa shape index (κ2) is 7.52. The summed E-state index contributed by atoms with van der Waals surface area (Å²) in [6.07, 6.45) is 1.09. The molecule has 0 spiro atoms. The van der Waals surface area contributed by atoms with Gasteiger partial charge in [-0.15, -0.1) is 0 Å². The van der Waals surface area contributed by atoms with E-state index in [0.717, 1.165) is 18.4 Å². The maximum Gasteiger partial charge on any atom is 0.310 e. The minimum Gasteiger partial charge on any atom is -0.483 e. The molecule has 0 aromatic heterocycles. The monoisotopic (exact) mass is 419 g/mol. The summed E-state index contributed by atoms with van der Waals surface area (Å²) < 4.78 is 11.2. The standard InChI is InChI=1S/C25H25NO5/c1-13-3-5-15(6-4-13)23(27)14(2)30-18-9-7-17(8-10-18)26-24(28)21-16-11-19-20(12-16)31-25(29)22(19)21/h3-10,14,16,19-22H,11-12H2,1-2H3,(H,26,28)/t14-,16+,19+,20+,21+,22-/m0/s1. The number of nitrogens with one attached hydrogen (secondary N) is 1. The number of amides is 1. The summed E-state index contributed by atoms with van der Waals surface area (Å²) in [5.41, 5.74) is 2.35. The van der Waals surface area contributed by atoms with Crippen LogP contribution in [0.4, 0.5) is 5.69 Å². The van der Waals surface area contributed by atoms with E-state index in [0.29, 0.717) is 17.0 Å². The Morgan fingerprint density at radius 1 is 1.06 bits per heavy atom. The Labute approximate surface area is 180 Å². The fourth-order valence-electron chi connectivity index (χ4n) is 5.42. The molecular weight excluding hydrogens is 394 g/mol. The molecule has 2 saturated carbocycles. The van der Waals surface area contributed by atoms with Crippen LogP contribution >= 0.6 is 0 Å². The number of carbonyl (C=O) groups excluding carboxylic acids is 3. The molecule has 0 unspecified atom stereocenters. The van der Waals surface area contributed by atoms with Crippen LogP contribution in [0, 0.1) is 30.6 Å². The zero-order valence-electron chi connectivity index (χ0n) is 17.5. The number of aryl methyl sites for hydroxylation is 1. The fourth-order valence-corrected chi connectivity index (χ4v) is 5.42. The van der Waals surface area contributed by atoms with Gasteiger partial charge in [-0.1, -0.05) is 29.8 Å². The Bertz CT molecular complexity index is 1030. The van der Waals surface area contributed by atoms with Crippen molar-refractivity contribution in [3.05, 3.63) is 59.7 Å². The van der Waals surface area contributed by atoms with E-state index in [9.17, 15) is 14.4 Å². The number of hydrogen-bond acceptors (Lipinski definition) is 5. The topological polar surface area (TPSA) is 81.7 Å². The molecule has 6 nitrogen and oxygen atoms in total. The molecule has 1 aliphatic heterocycles. The van der Waals surface area contributed by atoms with Gasteiger partial charge in [-0.3, -0.25) is 14.4 Å². The molecule has 6 atom stereocenters. The molecule has 2 bridgehead atoms. The largest absolute Gasteiger partial charge is 0.483 e. The van der Waals surface area contributed by atoms with Crippen molar-refractivity contribution in [2.45, 2.75) is 38.9 Å². The van der Waals surface area contributed by atoms with Gasteiger partial charge in [0.25, 0.3) is 0 Å². The molecule has 0 radical (unpaired) electrons. The van der Waals surface area contributed by atoms with Gasteiger partial charge >= 0.3 is 5.97 Å². The van der Waals surface area contributed by atoms with E-state index < -0.39 is 6.10 Å². The Morgan fingerprint density at radius 2 is 1.77 bits per heavy atom. The number of Topliss-reactive ketones (excluding diaryl/α,β-unsaturated/α-hetero) is 1. The molecule has 1 heterocycles. The quantitative estimate of drug-likeness (QED) is 0.569. The van der Waals surface area contributed by atoms with Crippen molar-refractivity contribution in [1.82, 2.24) is 0 Å². The molecule has 31 heavy (non-hydrogen) atoms. The molecule has 1 amide bonds. The van der Waals surface area contributed by atoms with Crippen LogP contribution in [0.15, 0.2) is 48.5 Å². The Hall–Kier alpha value is -3.15. The van der Waals surface area contributed by atoms with Gasteiger partial charge in [0.1, 0.15) is 11.9 Å². The third-order valence-electron chi connectivity index (χ3n) is 6.93. The maximum absolute atomic E-state index is 12.9. The van der Waals surface area contributed by atoms with Crippen LogP contribution in [-0.2, 0) is 14.3 Å². The molecule has 2 aromatic rings. The molecule has 1 saturated heterocycles. The van der Waals surface area contributed by atoms with Crippen LogP contribution in [0.5, 0.6) is 5.75 Å². The number of fused-ring (bicyclic) bond motifs is 1. The number of esters is 1. The zero-order valence-corrected chi connectivity index (χ0v) is 17.5. The zero-order chi connectivity index (χ0) is 21.7. The van der Waals surface area contributed by atoms with Crippen molar-refractivity contribution < 1.29 is 23.9 Å². The van der Waals surface area contributed by atoms with Gasteiger partial charge in [0, 0.05) is 17.2 Å². The van der Waals surface area contributed by atoms with Gasteiger partial charge in [0.15, 0.2) is 6.10 Å². The lowest BCUT2D eigenvalue weighted by Gasteiger charge is -2.23. The van der Waals surface area contributed by atoms with Crippen molar-refractivity contribution in [1.29, 1.82) is 0 Å². The summed E-state index contributed by atoms with van der Waals surface area (Å²) in [4.78, 5) is 37.6. The van der Waals surface area contributed by atoms with E-state index >= 15 is 0 Å². The summed E-state index contributed by atoms with van der Waals surface area (Å²) >= 11 is 0. The minimum atomic E-state index is -0.626. The molecule has 160 valence electrons. The predicted molar refractivity (Wildman–Crippen MR) is 114 cm³/mol. The molecule has 2 aliphatic carbocycles. The van der Waals surface area contributed by atoms with E-state index in [-0.39, 0.29) is 47.4 Å². The third kappa shape index (κ3) is 3.50. The second-order valence-electron chi connectivity index (χ2n) is 8.93. The summed E-state index contributed by atoms with van der Waals surface area (Å²) in [6, 6.07) is 14.4. The normalized spacial score (nSPS) is 28.8. The molecule has 1 N–H and O–H groups in total. The molecular formula is C25H25NO5. The van der Waals surface area contributed by atoms with E-state index in [4.69, 9.17) is 9.47 Å². The molecule has 2 aromatic carbocycles.